The van der Waals surface area contributed by atoms with Crippen molar-refractivity contribution in [3.63, 3.8) is 0 Å². The summed E-state index contributed by atoms with van der Waals surface area (Å²) in [5.41, 5.74) is 0.00230. The van der Waals surface area contributed by atoms with Crippen molar-refractivity contribution in [1.29, 1.82) is 0 Å². The Morgan fingerprint density at radius 2 is 1.81 bits per heavy atom. The minimum absolute atomic E-state index is 0.00230. The molecule has 0 amide bonds. The molecule has 3 rings (SSSR count). The highest BCUT2D eigenvalue weighted by Gasteiger charge is 2.40. The summed E-state index contributed by atoms with van der Waals surface area (Å²) in [5, 5.41) is 0. The van der Waals surface area contributed by atoms with Gasteiger partial charge in [-0.2, -0.15) is 4.31 Å². The van der Waals surface area contributed by atoms with Gasteiger partial charge in [-0.15, -0.1) is 0 Å². The second-order valence-electron chi connectivity index (χ2n) is 9.28. The zero-order valence-corrected chi connectivity index (χ0v) is 16.9. The molecule has 2 fully saturated rings. The van der Waals surface area contributed by atoms with Crippen LogP contribution >= 0.6 is 0 Å². The Kier molecular flexibility index (Phi) is 5.39. The van der Waals surface area contributed by atoms with Crippen LogP contribution in [0.5, 0.6) is 0 Å². The number of hydrogen-bond acceptors (Lipinski definition) is 2. The Morgan fingerprint density at radius 3 is 2.31 bits per heavy atom. The van der Waals surface area contributed by atoms with E-state index in [1.807, 2.05) is 12.2 Å². The fourth-order valence-electron chi connectivity index (χ4n) is 4.43. The maximum absolute atomic E-state index is 13.5. The smallest absolute Gasteiger partial charge is 0.207 e. The SMILES string of the molecule is CC(C)(C)C1C=CC(S(=O)(=O)N2CCC2)=CC1CC1CCC(F)(F)CC1. The van der Waals surface area contributed by atoms with E-state index < -0.39 is 15.9 Å². The van der Waals surface area contributed by atoms with Crippen molar-refractivity contribution in [3.8, 4) is 0 Å². The van der Waals surface area contributed by atoms with Crippen LogP contribution < -0.4 is 0 Å². The summed E-state index contributed by atoms with van der Waals surface area (Å²) in [5.74, 6) is -1.96. The van der Waals surface area contributed by atoms with E-state index in [2.05, 4.69) is 20.8 Å². The van der Waals surface area contributed by atoms with E-state index >= 15 is 0 Å². The third-order valence-corrected chi connectivity index (χ3v) is 8.12. The summed E-state index contributed by atoms with van der Waals surface area (Å²) in [6.07, 6.45) is 8.41. The fraction of sp³-hybridized carbons (Fsp3) is 0.800. The molecule has 148 valence electrons. The molecule has 0 N–H and O–H groups in total. The molecule has 2 aliphatic carbocycles. The van der Waals surface area contributed by atoms with Gasteiger partial charge in [-0.05, 0) is 54.9 Å². The van der Waals surface area contributed by atoms with E-state index in [1.54, 1.807) is 6.08 Å². The molecule has 3 aliphatic rings. The molecule has 0 bridgehead atoms. The quantitative estimate of drug-likeness (QED) is 0.683. The lowest BCUT2D eigenvalue weighted by atomic mass is 9.67. The monoisotopic (exact) mass is 387 g/mol. The minimum Gasteiger partial charge on any atom is -0.207 e. The molecule has 1 saturated carbocycles. The van der Waals surface area contributed by atoms with Crippen LogP contribution in [0, 0.1) is 23.2 Å². The molecular weight excluding hydrogens is 356 g/mol. The molecule has 0 aromatic heterocycles. The first-order valence-electron chi connectivity index (χ1n) is 9.77. The van der Waals surface area contributed by atoms with Crippen LogP contribution in [-0.4, -0.2) is 31.7 Å². The van der Waals surface area contributed by atoms with Gasteiger partial charge < -0.3 is 0 Å². The summed E-state index contributed by atoms with van der Waals surface area (Å²) < 4.78 is 54.0. The van der Waals surface area contributed by atoms with Gasteiger partial charge in [0.25, 0.3) is 0 Å². The summed E-state index contributed by atoms with van der Waals surface area (Å²) in [6.45, 7) is 7.67. The Balaban J connectivity index is 1.79. The minimum atomic E-state index is -3.40. The molecule has 1 saturated heterocycles. The first-order chi connectivity index (χ1) is 12.0. The van der Waals surface area contributed by atoms with Gasteiger partial charge in [0.15, 0.2) is 0 Å². The van der Waals surface area contributed by atoms with Crippen molar-refractivity contribution in [2.75, 3.05) is 13.1 Å². The first-order valence-corrected chi connectivity index (χ1v) is 11.2. The summed E-state index contributed by atoms with van der Waals surface area (Å²) in [7, 11) is -3.40. The highest BCUT2D eigenvalue weighted by molar-refractivity contribution is 7.93. The molecule has 0 spiro atoms. The van der Waals surface area contributed by atoms with E-state index in [0.29, 0.717) is 30.8 Å². The van der Waals surface area contributed by atoms with Crippen LogP contribution in [0.4, 0.5) is 8.78 Å². The van der Waals surface area contributed by atoms with Crippen molar-refractivity contribution >= 4 is 10.0 Å². The van der Waals surface area contributed by atoms with Crippen molar-refractivity contribution in [1.82, 2.24) is 4.31 Å². The number of hydrogen-bond donors (Lipinski definition) is 0. The first kappa shape index (κ1) is 20.0. The molecule has 2 unspecified atom stereocenters. The molecule has 0 radical (unpaired) electrons. The van der Waals surface area contributed by atoms with Crippen molar-refractivity contribution in [2.24, 2.45) is 23.2 Å². The fourth-order valence-corrected chi connectivity index (χ4v) is 6.06. The van der Waals surface area contributed by atoms with E-state index in [4.69, 9.17) is 0 Å². The van der Waals surface area contributed by atoms with Crippen molar-refractivity contribution in [3.05, 3.63) is 23.1 Å². The molecular formula is C20H31F2NO2S. The van der Waals surface area contributed by atoms with Gasteiger partial charge in [0.1, 0.15) is 0 Å². The zero-order chi connectivity index (χ0) is 19.2. The Hall–Kier alpha value is -0.750. The molecule has 6 heteroatoms. The molecule has 0 aromatic carbocycles. The van der Waals surface area contributed by atoms with Crippen LogP contribution in [0.3, 0.4) is 0 Å². The molecule has 2 atom stereocenters. The van der Waals surface area contributed by atoms with Crippen LogP contribution in [0.15, 0.2) is 23.1 Å². The van der Waals surface area contributed by atoms with Crippen molar-refractivity contribution < 1.29 is 17.2 Å². The lowest BCUT2D eigenvalue weighted by Crippen LogP contribution is -2.43. The molecule has 1 heterocycles. The lowest BCUT2D eigenvalue weighted by Gasteiger charge is -2.40. The zero-order valence-electron chi connectivity index (χ0n) is 16.0. The van der Waals surface area contributed by atoms with Gasteiger partial charge in [0.05, 0.1) is 4.91 Å². The average Bonchev–Trinajstić information content (AvgIpc) is 2.46. The van der Waals surface area contributed by atoms with Gasteiger partial charge >= 0.3 is 0 Å². The van der Waals surface area contributed by atoms with Crippen LogP contribution in [0.25, 0.3) is 0 Å². The topological polar surface area (TPSA) is 37.4 Å². The standard InChI is InChI=1S/C20H31F2NO2S/c1-19(2,3)18-6-5-17(26(24,25)23-11-4-12-23)14-16(18)13-15-7-9-20(21,22)10-8-15/h5-6,14-16,18H,4,7-13H2,1-3H3. The summed E-state index contributed by atoms with van der Waals surface area (Å²) >= 11 is 0. The second kappa shape index (κ2) is 7.01. The van der Waals surface area contributed by atoms with Gasteiger partial charge in [-0.3, -0.25) is 0 Å². The Morgan fingerprint density at radius 1 is 1.19 bits per heavy atom. The lowest BCUT2D eigenvalue weighted by molar-refractivity contribution is -0.0484. The number of rotatable bonds is 4. The average molecular weight is 388 g/mol. The highest BCUT2D eigenvalue weighted by atomic mass is 32.2. The molecule has 26 heavy (non-hydrogen) atoms. The van der Waals surface area contributed by atoms with Gasteiger partial charge in [-0.25, -0.2) is 17.2 Å². The Bertz CT molecular complexity index is 677. The van der Waals surface area contributed by atoms with Crippen LogP contribution in [0.2, 0.25) is 0 Å². The van der Waals surface area contributed by atoms with Crippen molar-refractivity contribution in [2.45, 2.75) is 65.2 Å². The van der Waals surface area contributed by atoms with Gasteiger partial charge in [-0.1, -0.05) is 32.9 Å². The van der Waals surface area contributed by atoms with E-state index in [-0.39, 0.29) is 36.0 Å². The van der Waals surface area contributed by atoms with Gasteiger partial charge in [0, 0.05) is 25.9 Å². The molecule has 3 nitrogen and oxygen atoms in total. The normalized spacial score (nSPS) is 30.7. The molecule has 0 aromatic rings. The summed E-state index contributed by atoms with van der Waals surface area (Å²) in [6, 6.07) is 0. The maximum atomic E-state index is 13.5. The summed E-state index contributed by atoms with van der Waals surface area (Å²) in [4.78, 5) is 0.392. The number of nitrogens with zero attached hydrogens (tertiary/aromatic N) is 1. The Labute approximate surface area is 156 Å². The predicted octanol–water partition coefficient (Wildman–Crippen LogP) is 4.97. The number of allylic oxidation sites excluding steroid dienone is 3. The van der Waals surface area contributed by atoms with E-state index in [0.717, 1.165) is 12.8 Å². The maximum Gasteiger partial charge on any atom is 0.248 e. The van der Waals surface area contributed by atoms with Gasteiger partial charge in [0.2, 0.25) is 15.9 Å². The van der Waals surface area contributed by atoms with E-state index in [1.165, 1.54) is 4.31 Å². The van der Waals surface area contributed by atoms with E-state index in [9.17, 15) is 17.2 Å². The largest absolute Gasteiger partial charge is 0.248 e. The van der Waals surface area contributed by atoms with Crippen LogP contribution in [-0.2, 0) is 10.0 Å². The highest BCUT2D eigenvalue weighted by Crippen LogP contribution is 2.45. The predicted molar refractivity (Wildman–Crippen MR) is 100 cm³/mol. The number of alkyl halides is 2. The third-order valence-electron chi connectivity index (χ3n) is 6.20. The number of sulfonamides is 1. The molecule has 1 aliphatic heterocycles. The third kappa shape index (κ3) is 4.22. The number of halogens is 2. The second-order valence-corrected chi connectivity index (χ2v) is 11.2. The van der Waals surface area contributed by atoms with Crippen LogP contribution in [0.1, 0.15) is 59.3 Å².